The van der Waals surface area contributed by atoms with Gasteiger partial charge in [-0.25, -0.2) is 0 Å². The number of amides is 1. The predicted octanol–water partition coefficient (Wildman–Crippen LogP) is 2.53. The summed E-state index contributed by atoms with van der Waals surface area (Å²) >= 11 is 0. The van der Waals surface area contributed by atoms with Gasteiger partial charge >= 0.3 is 0 Å². The molecule has 2 fully saturated rings. The zero-order valence-corrected chi connectivity index (χ0v) is 18.8. The third kappa shape index (κ3) is 4.52. The molecule has 168 valence electrons. The number of carbonyl (C=O) groups excluding carboxylic acids is 1. The van der Waals surface area contributed by atoms with Crippen molar-refractivity contribution in [3.05, 3.63) is 59.8 Å². The van der Waals surface area contributed by atoms with E-state index in [1.165, 1.54) is 19.4 Å². The van der Waals surface area contributed by atoms with E-state index in [0.717, 1.165) is 42.7 Å². The van der Waals surface area contributed by atoms with Crippen LogP contribution in [0.25, 0.3) is 5.65 Å². The van der Waals surface area contributed by atoms with E-state index in [1.807, 2.05) is 40.9 Å². The van der Waals surface area contributed by atoms with Crippen molar-refractivity contribution in [3.63, 3.8) is 0 Å². The van der Waals surface area contributed by atoms with Gasteiger partial charge in [0.05, 0.1) is 23.8 Å². The third-order valence-electron chi connectivity index (χ3n) is 6.53. The highest BCUT2D eigenvalue weighted by Gasteiger charge is 2.35. The first-order valence-electron chi connectivity index (χ1n) is 11.6. The summed E-state index contributed by atoms with van der Waals surface area (Å²) in [5.74, 6) is 1.65. The van der Waals surface area contributed by atoms with Gasteiger partial charge in [0.1, 0.15) is 0 Å². The minimum absolute atomic E-state index is 0.128. The van der Waals surface area contributed by atoms with E-state index in [4.69, 9.17) is 0 Å². The minimum atomic E-state index is -0.128. The average Bonchev–Trinajstić information content (AvgIpc) is 3.52. The second-order valence-corrected chi connectivity index (χ2v) is 9.26. The Bertz CT molecular complexity index is 1080. The first-order chi connectivity index (χ1) is 15.6. The van der Waals surface area contributed by atoms with Crippen LogP contribution < -0.4 is 5.32 Å². The highest BCUT2D eigenvalue weighted by molar-refractivity contribution is 5.94. The molecule has 1 amide bonds. The Morgan fingerprint density at radius 2 is 2.03 bits per heavy atom. The van der Waals surface area contributed by atoms with Gasteiger partial charge in [0.15, 0.2) is 11.5 Å². The maximum Gasteiger partial charge on any atom is 0.253 e. The zero-order valence-electron chi connectivity index (χ0n) is 18.8. The van der Waals surface area contributed by atoms with Gasteiger partial charge in [-0.15, -0.1) is 10.2 Å². The quantitative estimate of drug-likeness (QED) is 0.617. The van der Waals surface area contributed by atoms with Crippen LogP contribution in [-0.4, -0.2) is 67.5 Å². The first kappa shape index (κ1) is 21.0. The fraction of sp³-hybridized carbons (Fsp3) is 0.500. The highest BCUT2D eigenvalue weighted by atomic mass is 16.1. The lowest BCUT2D eigenvalue weighted by Crippen LogP contribution is -2.51. The minimum Gasteiger partial charge on any atom is -0.346 e. The fourth-order valence-corrected chi connectivity index (χ4v) is 4.58. The van der Waals surface area contributed by atoms with Crippen molar-refractivity contribution in [1.29, 1.82) is 0 Å². The molecule has 3 aromatic heterocycles. The summed E-state index contributed by atoms with van der Waals surface area (Å²) in [6.45, 7) is 9.13. The summed E-state index contributed by atoms with van der Waals surface area (Å²) in [7, 11) is 0. The summed E-state index contributed by atoms with van der Waals surface area (Å²) < 4.78 is 2.00. The monoisotopic (exact) mass is 433 g/mol. The van der Waals surface area contributed by atoms with Crippen LogP contribution in [0.4, 0.5) is 0 Å². The number of aromatic nitrogens is 4. The maximum atomic E-state index is 12.8. The Balaban J connectivity index is 1.38. The largest absolute Gasteiger partial charge is 0.346 e. The van der Waals surface area contributed by atoms with Crippen LogP contribution in [-0.2, 0) is 6.54 Å². The molecule has 1 saturated carbocycles. The molecular weight excluding hydrogens is 402 g/mol. The van der Waals surface area contributed by atoms with E-state index in [0.29, 0.717) is 18.2 Å². The van der Waals surface area contributed by atoms with Gasteiger partial charge in [0, 0.05) is 44.6 Å². The van der Waals surface area contributed by atoms with E-state index in [1.54, 1.807) is 6.20 Å². The van der Waals surface area contributed by atoms with Crippen LogP contribution >= 0.6 is 0 Å². The van der Waals surface area contributed by atoms with Crippen molar-refractivity contribution in [2.45, 2.75) is 45.3 Å². The molecule has 1 N–H and O–H groups in total. The van der Waals surface area contributed by atoms with Crippen LogP contribution in [0.2, 0.25) is 0 Å². The van der Waals surface area contributed by atoms with Crippen LogP contribution in [0.3, 0.4) is 0 Å². The number of pyridine rings is 2. The van der Waals surface area contributed by atoms with E-state index in [2.05, 4.69) is 44.1 Å². The number of piperazine rings is 1. The maximum absolute atomic E-state index is 12.8. The molecule has 5 rings (SSSR count). The van der Waals surface area contributed by atoms with Crippen molar-refractivity contribution >= 4 is 11.6 Å². The molecule has 1 atom stereocenters. The Hall–Kier alpha value is -2.84. The molecule has 0 spiro atoms. The van der Waals surface area contributed by atoms with Crippen LogP contribution in [0.5, 0.6) is 0 Å². The zero-order chi connectivity index (χ0) is 22.1. The molecule has 0 bridgehead atoms. The normalized spacial score (nSPS) is 20.2. The molecule has 4 heterocycles. The molecule has 0 radical (unpaired) electrons. The molecular formula is C24H31N7O. The molecule has 2 aliphatic rings. The number of nitrogens with one attached hydrogen (secondary N) is 1. The van der Waals surface area contributed by atoms with Gasteiger partial charge in [0.25, 0.3) is 5.91 Å². The molecule has 0 unspecified atom stereocenters. The van der Waals surface area contributed by atoms with E-state index in [9.17, 15) is 4.79 Å². The van der Waals surface area contributed by atoms with E-state index >= 15 is 0 Å². The predicted molar refractivity (Wildman–Crippen MR) is 122 cm³/mol. The Morgan fingerprint density at radius 3 is 2.78 bits per heavy atom. The number of rotatable bonds is 7. The Labute approximate surface area is 188 Å². The summed E-state index contributed by atoms with van der Waals surface area (Å²) in [4.78, 5) is 22.2. The van der Waals surface area contributed by atoms with Gasteiger partial charge in [-0.2, -0.15) is 0 Å². The van der Waals surface area contributed by atoms with Gasteiger partial charge in [0.2, 0.25) is 0 Å². The number of fused-ring (bicyclic) bond motifs is 1. The Kier molecular flexibility index (Phi) is 5.89. The third-order valence-corrected chi connectivity index (χ3v) is 6.53. The van der Waals surface area contributed by atoms with Gasteiger partial charge in [-0.1, -0.05) is 6.07 Å². The lowest BCUT2D eigenvalue weighted by molar-refractivity contribution is 0.0437. The smallest absolute Gasteiger partial charge is 0.253 e. The summed E-state index contributed by atoms with van der Waals surface area (Å²) in [6.07, 6.45) is 6.32. The number of nitrogens with zero attached hydrogens (tertiary/aromatic N) is 6. The molecule has 1 saturated heterocycles. The van der Waals surface area contributed by atoms with Gasteiger partial charge in [-0.05, 0) is 56.9 Å². The molecule has 32 heavy (non-hydrogen) atoms. The molecule has 8 nitrogen and oxygen atoms in total. The van der Waals surface area contributed by atoms with Crippen molar-refractivity contribution in [2.75, 3.05) is 26.2 Å². The van der Waals surface area contributed by atoms with E-state index in [-0.39, 0.29) is 11.9 Å². The Morgan fingerprint density at radius 1 is 1.16 bits per heavy atom. The fourth-order valence-electron chi connectivity index (χ4n) is 4.58. The second kappa shape index (κ2) is 8.96. The molecule has 1 aliphatic heterocycles. The highest BCUT2D eigenvalue weighted by Crippen LogP contribution is 2.33. The number of carbonyl (C=O) groups is 1. The standard InChI is InChI=1S/C24H31N7O/c1-17(2)30-12-11-29(14-18-6-7-18)16-21(30)23-28-27-22-9-8-19(15-31(22)23)24(32)26-13-20-5-3-4-10-25-20/h3-5,8-10,15,17-18,21H,6-7,11-14,16H2,1-2H3,(H,26,32)/t21-/m1/s1. The van der Waals surface area contributed by atoms with Crippen LogP contribution in [0.15, 0.2) is 42.7 Å². The van der Waals surface area contributed by atoms with Crippen molar-refractivity contribution in [1.82, 2.24) is 34.7 Å². The van der Waals surface area contributed by atoms with E-state index < -0.39 is 0 Å². The van der Waals surface area contributed by atoms with Gasteiger partial charge in [-0.3, -0.25) is 24.0 Å². The summed E-state index contributed by atoms with van der Waals surface area (Å²) in [5.41, 5.74) is 2.19. The summed E-state index contributed by atoms with van der Waals surface area (Å²) in [5, 5.41) is 11.9. The lowest BCUT2D eigenvalue weighted by atomic mass is 10.1. The van der Waals surface area contributed by atoms with Gasteiger partial charge < -0.3 is 5.32 Å². The molecule has 8 heteroatoms. The SMILES string of the molecule is CC(C)N1CCN(CC2CC2)C[C@@H]1c1nnc2ccc(C(=O)NCc3ccccn3)cn12. The lowest BCUT2D eigenvalue weighted by Gasteiger charge is -2.42. The van der Waals surface area contributed by atoms with Crippen molar-refractivity contribution < 1.29 is 4.79 Å². The molecule has 1 aliphatic carbocycles. The topological polar surface area (TPSA) is 78.7 Å². The van der Waals surface area contributed by atoms with Crippen LogP contribution in [0, 0.1) is 5.92 Å². The molecule has 0 aromatic carbocycles. The van der Waals surface area contributed by atoms with Crippen molar-refractivity contribution in [3.8, 4) is 0 Å². The summed E-state index contributed by atoms with van der Waals surface area (Å²) in [6, 6.07) is 9.94. The molecule has 3 aromatic rings. The first-order valence-corrected chi connectivity index (χ1v) is 11.6. The number of hydrogen-bond donors (Lipinski definition) is 1. The second-order valence-electron chi connectivity index (χ2n) is 9.26. The number of hydrogen-bond acceptors (Lipinski definition) is 6. The average molecular weight is 434 g/mol. The van der Waals surface area contributed by atoms with Crippen molar-refractivity contribution in [2.24, 2.45) is 5.92 Å². The van der Waals surface area contributed by atoms with Crippen LogP contribution in [0.1, 0.15) is 54.6 Å².